The van der Waals surface area contributed by atoms with Gasteiger partial charge in [-0.25, -0.2) is 0 Å². The molecule has 0 spiro atoms. The summed E-state index contributed by atoms with van der Waals surface area (Å²) < 4.78 is 0. The summed E-state index contributed by atoms with van der Waals surface area (Å²) >= 11 is 0. The lowest BCUT2D eigenvalue weighted by atomic mass is 10.1. The molecule has 0 aromatic heterocycles. The van der Waals surface area contributed by atoms with Gasteiger partial charge in [-0.1, -0.05) is 30.3 Å². The van der Waals surface area contributed by atoms with Crippen LogP contribution >= 0.6 is 0 Å². The van der Waals surface area contributed by atoms with Crippen molar-refractivity contribution in [2.75, 3.05) is 0 Å². The van der Waals surface area contributed by atoms with Crippen LogP contribution in [0.25, 0.3) is 0 Å². The van der Waals surface area contributed by atoms with Crippen LogP contribution in [0.4, 0.5) is 0 Å². The van der Waals surface area contributed by atoms with E-state index < -0.39 is 0 Å². The molecule has 2 fully saturated rings. The van der Waals surface area contributed by atoms with Gasteiger partial charge in [0, 0.05) is 11.8 Å². The van der Waals surface area contributed by atoms with E-state index in [-0.39, 0.29) is 0 Å². The Labute approximate surface area is 84.1 Å². The van der Waals surface area contributed by atoms with Gasteiger partial charge in [-0.15, -0.1) is 0 Å². The SMILES string of the molecule is O=C(C1CC1)C1CC1c1ccccc1. The van der Waals surface area contributed by atoms with Crippen molar-refractivity contribution in [1.82, 2.24) is 0 Å². The highest BCUT2D eigenvalue weighted by Crippen LogP contribution is 2.51. The minimum absolute atomic E-state index is 0.366. The highest BCUT2D eigenvalue weighted by molar-refractivity contribution is 5.88. The van der Waals surface area contributed by atoms with Crippen molar-refractivity contribution in [2.45, 2.75) is 25.2 Å². The number of carbonyl (C=O) groups excluding carboxylic acids is 1. The minimum atomic E-state index is 0.366. The Kier molecular flexibility index (Phi) is 1.73. The predicted molar refractivity (Wildman–Crippen MR) is 55.0 cm³/mol. The van der Waals surface area contributed by atoms with Crippen LogP contribution in [0.1, 0.15) is 30.7 Å². The molecule has 1 heteroatoms. The molecule has 2 aliphatic rings. The Morgan fingerprint density at radius 3 is 2.50 bits per heavy atom. The van der Waals surface area contributed by atoms with Crippen molar-refractivity contribution in [3.63, 3.8) is 0 Å². The molecule has 0 saturated heterocycles. The molecule has 2 saturated carbocycles. The van der Waals surface area contributed by atoms with Gasteiger partial charge in [0.1, 0.15) is 5.78 Å². The molecular formula is C13H14O. The lowest BCUT2D eigenvalue weighted by molar-refractivity contribution is -0.121. The van der Waals surface area contributed by atoms with E-state index in [0.29, 0.717) is 23.5 Å². The van der Waals surface area contributed by atoms with Crippen molar-refractivity contribution in [3.05, 3.63) is 35.9 Å². The van der Waals surface area contributed by atoms with Gasteiger partial charge in [0.2, 0.25) is 0 Å². The van der Waals surface area contributed by atoms with Crippen LogP contribution in [0.2, 0.25) is 0 Å². The number of Topliss-reactive ketones (excluding diaryl/α,β-unsaturated/α-hetero) is 1. The maximum absolute atomic E-state index is 11.8. The van der Waals surface area contributed by atoms with E-state index >= 15 is 0 Å². The minimum Gasteiger partial charge on any atom is -0.299 e. The van der Waals surface area contributed by atoms with Gasteiger partial charge in [0.25, 0.3) is 0 Å². The van der Waals surface area contributed by atoms with E-state index in [4.69, 9.17) is 0 Å². The van der Waals surface area contributed by atoms with Gasteiger partial charge in [-0.3, -0.25) is 4.79 Å². The Morgan fingerprint density at radius 2 is 1.86 bits per heavy atom. The van der Waals surface area contributed by atoms with Crippen molar-refractivity contribution < 1.29 is 4.79 Å². The molecule has 1 aromatic rings. The first-order valence-corrected chi connectivity index (χ1v) is 5.45. The van der Waals surface area contributed by atoms with Gasteiger partial charge in [0.05, 0.1) is 0 Å². The summed E-state index contributed by atoms with van der Waals surface area (Å²) in [6.07, 6.45) is 3.40. The Balaban J connectivity index is 1.70. The molecule has 0 N–H and O–H groups in total. The smallest absolute Gasteiger partial charge is 0.139 e. The van der Waals surface area contributed by atoms with Gasteiger partial charge in [-0.05, 0) is 30.7 Å². The van der Waals surface area contributed by atoms with Crippen LogP contribution in [0.3, 0.4) is 0 Å². The number of hydrogen-bond acceptors (Lipinski definition) is 1. The highest BCUT2D eigenvalue weighted by Gasteiger charge is 2.48. The van der Waals surface area contributed by atoms with Crippen LogP contribution in [0.15, 0.2) is 30.3 Å². The number of hydrogen-bond donors (Lipinski definition) is 0. The zero-order valence-corrected chi connectivity index (χ0v) is 8.15. The first kappa shape index (κ1) is 8.22. The van der Waals surface area contributed by atoms with Crippen LogP contribution in [0, 0.1) is 11.8 Å². The van der Waals surface area contributed by atoms with E-state index in [9.17, 15) is 4.79 Å². The summed E-state index contributed by atoms with van der Waals surface area (Å²) in [5, 5.41) is 0. The zero-order valence-electron chi connectivity index (χ0n) is 8.15. The fourth-order valence-corrected chi connectivity index (χ4v) is 2.25. The average molecular weight is 186 g/mol. The van der Waals surface area contributed by atoms with Crippen molar-refractivity contribution in [1.29, 1.82) is 0 Å². The van der Waals surface area contributed by atoms with Crippen molar-refractivity contribution in [3.8, 4) is 0 Å². The third-order valence-corrected chi connectivity index (χ3v) is 3.36. The molecular weight excluding hydrogens is 172 g/mol. The van der Waals surface area contributed by atoms with Crippen LogP contribution in [-0.2, 0) is 4.79 Å². The standard InChI is InChI=1S/C13H14O/c14-13(10-6-7-10)12-8-11(12)9-4-2-1-3-5-9/h1-5,10-12H,6-8H2. The summed E-state index contributed by atoms with van der Waals surface area (Å²) in [6.45, 7) is 0. The molecule has 2 aliphatic carbocycles. The number of rotatable bonds is 3. The molecule has 0 heterocycles. The van der Waals surface area contributed by atoms with E-state index in [0.717, 1.165) is 19.3 Å². The van der Waals surface area contributed by atoms with E-state index in [2.05, 4.69) is 24.3 Å². The van der Waals surface area contributed by atoms with Crippen molar-refractivity contribution in [2.24, 2.45) is 11.8 Å². The summed E-state index contributed by atoms with van der Waals surface area (Å²) in [5.74, 6) is 1.89. The van der Waals surface area contributed by atoms with Crippen LogP contribution in [0.5, 0.6) is 0 Å². The lowest BCUT2D eigenvalue weighted by Gasteiger charge is -1.98. The average Bonchev–Trinajstić information content (AvgIpc) is 3.11. The summed E-state index contributed by atoms with van der Waals surface area (Å²) in [5.41, 5.74) is 1.35. The normalized spacial score (nSPS) is 30.0. The molecule has 2 atom stereocenters. The number of benzene rings is 1. The molecule has 1 nitrogen and oxygen atoms in total. The molecule has 2 unspecified atom stereocenters. The van der Waals surface area contributed by atoms with Crippen LogP contribution < -0.4 is 0 Å². The second-order valence-corrected chi connectivity index (χ2v) is 4.54. The fraction of sp³-hybridized carbons (Fsp3) is 0.462. The number of carbonyl (C=O) groups is 1. The molecule has 14 heavy (non-hydrogen) atoms. The Bertz CT molecular complexity index is 351. The summed E-state index contributed by atoms with van der Waals surface area (Å²) in [6, 6.07) is 10.4. The molecule has 0 bridgehead atoms. The first-order chi connectivity index (χ1) is 6.86. The van der Waals surface area contributed by atoms with Crippen molar-refractivity contribution >= 4 is 5.78 Å². The van der Waals surface area contributed by atoms with E-state index in [1.165, 1.54) is 5.56 Å². The summed E-state index contributed by atoms with van der Waals surface area (Å²) in [7, 11) is 0. The predicted octanol–water partition coefficient (Wildman–Crippen LogP) is 2.77. The van der Waals surface area contributed by atoms with E-state index in [1.54, 1.807) is 0 Å². The largest absolute Gasteiger partial charge is 0.299 e. The topological polar surface area (TPSA) is 17.1 Å². The molecule has 0 radical (unpaired) electrons. The second-order valence-electron chi connectivity index (χ2n) is 4.54. The number of ketones is 1. The van der Waals surface area contributed by atoms with Gasteiger partial charge in [-0.2, -0.15) is 0 Å². The molecule has 1 aromatic carbocycles. The van der Waals surface area contributed by atoms with Crippen LogP contribution in [-0.4, -0.2) is 5.78 Å². The van der Waals surface area contributed by atoms with Gasteiger partial charge in [0.15, 0.2) is 0 Å². The third-order valence-electron chi connectivity index (χ3n) is 3.36. The third kappa shape index (κ3) is 1.37. The Morgan fingerprint density at radius 1 is 1.14 bits per heavy atom. The fourth-order valence-electron chi connectivity index (χ4n) is 2.25. The molecule has 0 amide bonds. The summed E-state index contributed by atoms with van der Waals surface area (Å²) in [4.78, 5) is 11.8. The molecule has 72 valence electrons. The maximum atomic E-state index is 11.8. The Hall–Kier alpha value is -1.11. The second kappa shape index (κ2) is 2.94. The van der Waals surface area contributed by atoms with Gasteiger partial charge < -0.3 is 0 Å². The zero-order chi connectivity index (χ0) is 9.54. The first-order valence-electron chi connectivity index (χ1n) is 5.45. The lowest BCUT2D eigenvalue weighted by Crippen LogP contribution is -2.03. The molecule has 3 rings (SSSR count). The van der Waals surface area contributed by atoms with Gasteiger partial charge >= 0.3 is 0 Å². The monoisotopic (exact) mass is 186 g/mol. The van der Waals surface area contributed by atoms with E-state index in [1.807, 2.05) is 6.07 Å². The highest BCUT2D eigenvalue weighted by atomic mass is 16.1. The molecule has 0 aliphatic heterocycles. The maximum Gasteiger partial charge on any atom is 0.139 e. The quantitative estimate of drug-likeness (QED) is 0.709.